The van der Waals surface area contributed by atoms with Crippen molar-refractivity contribution < 1.29 is 4.74 Å². The summed E-state index contributed by atoms with van der Waals surface area (Å²) in [6.07, 6.45) is 1.80. The van der Waals surface area contributed by atoms with Crippen LogP contribution in [0.4, 0.5) is 5.69 Å². The molecule has 0 radical (unpaired) electrons. The van der Waals surface area contributed by atoms with Crippen LogP contribution in [0.2, 0.25) is 5.02 Å². The van der Waals surface area contributed by atoms with Crippen molar-refractivity contribution in [2.24, 2.45) is 0 Å². The zero-order valence-electron chi connectivity index (χ0n) is 14.2. The monoisotopic (exact) mass is 479 g/mol. The van der Waals surface area contributed by atoms with Crippen molar-refractivity contribution in [1.82, 2.24) is 10.3 Å². The van der Waals surface area contributed by atoms with E-state index in [4.69, 9.17) is 28.6 Å². The third-order valence-electron chi connectivity index (χ3n) is 4.40. The SMILES string of the molecule is COc1ccc(N2C(=S)N[C@H](c3ccccn3)[C@@H]2c2ccc(Br)s2)cc1Cl. The second-order valence-corrected chi connectivity index (χ2v) is 9.25. The van der Waals surface area contributed by atoms with Crippen LogP contribution in [0.5, 0.6) is 5.75 Å². The number of nitrogens with one attached hydrogen (secondary N) is 1. The molecule has 8 heteroatoms. The average molecular weight is 481 g/mol. The number of rotatable bonds is 4. The maximum Gasteiger partial charge on any atom is 0.174 e. The van der Waals surface area contributed by atoms with Gasteiger partial charge >= 0.3 is 0 Å². The molecule has 1 aromatic carbocycles. The highest BCUT2D eigenvalue weighted by Crippen LogP contribution is 2.45. The van der Waals surface area contributed by atoms with Crippen molar-refractivity contribution in [1.29, 1.82) is 0 Å². The summed E-state index contributed by atoms with van der Waals surface area (Å²) >= 11 is 17.3. The van der Waals surface area contributed by atoms with E-state index in [1.807, 2.05) is 36.4 Å². The molecule has 2 aromatic heterocycles. The number of methoxy groups -OCH3 is 1. The molecule has 1 saturated heterocycles. The van der Waals surface area contributed by atoms with Gasteiger partial charge in [0.25, 0.3) is 0 Å². The molecule has 138 valence electrons. The fourth-order valence-corrected chi connectivity index (χ4v) is 5.36. The number of thiocarbonyl (C=S) groups is 1. The van der Waals surface area contributed by atoms with Crippen molar-refractivity contribution in [3.63, 3.8) is 0 Å². The number of aromatic nitrogens is 1. The molecule has 0 aliphatic carbocycles. The van der Waals surface area contributed by atoms with Crippen LogP contribution in [0.25, 0.3) is 0 Å². The van der Waals surface area contributed by atoms with Gasteiger partial charge in [-0.25, -0.2) is 0 Å². The molecule has 1 fully saturated rings. The molecule has 0 saturated carbocycles. The van der Waals surface area contributed by atoms with Gasteiger partial charge in [-0.3, -0.25) is 4.98 Å². The van der Waals surface area contributed by atoms with Crippen LogP contribution in [0.1, 0.15) is 22.7 Å². The van der Waals surface area contributed by atoms with Crippen LogP contribution >= 0.6 is 51.1 Å². The van der Waals surface area contributed by atoms with Gasteiger partial charge < -0.3 is 15.0 Å². The number of anilines is 1. The van der Waals surface area contributed by atoms with Crippen molar-refractivity contribution in [3.05, 3.63) is 74.1 Å². The number of hydrogen-bond acceptors (Lipinski definition) is 4. The fourth-order valence-electron chi connectivity index (χ4n) is 3.21. The van der Waals surface area contributed by atoms with Crippen molar-refractivity contribution in [2.75, 3.05) is 12.0 Å². The van der Waals surface area contributed by atoms with E-state index in [0.29, 0.717) is 15.9 Å². The lowest BCUT2D eigenvalue weighted by Crippen LogP contribution is -2.29. The smallest absolute Gasteiger partial charge is 0.174 e. The summed E-state index contributed by atoms with van der Waals surface area (Å²) in [4.78, 5) is 7.82. The quantitative estimate of drug-likeness (QED) is 0.482. The Bertz CT molecular complexity index is 982. The first-order valence-electron chi connectivity index (χ1n) is 8.18. The minimum atomic E-state index is -0.0647. The molecule has 0 unspecified atom stereocenters. The normalized spacial score (nSPS) is 19.2. The molecule has 0 amide bonds. The Kier molecular flexibility index (Phi) is 5.36. The second kappa shape index (κ2) is 7.75. The number of benzene rings is 1. The first kappa shape index (κ1) is 18.7. The van der Waals surface area contributed by atoms with Gasteiger partial charge in [0.15, 0.2) is 5.11 Å². The van der Waals surface area contributed by atoms with E-state index in [1.54, 1.807) is 24.6 Å². The minimum Gasteiger partial charge on any atom is -0.495 e. The molecule has 3 aromatic rings. The number of hydrogen-bond donors (Lipinski definition) is 1. The summed E-state index contributed by atoms with van der Waals surface area (Å²) in [5, 5.41) is 4.62. The van der Waals surface area contributed by atoms with Crippen molar-refractivity contribution in [3.8, 4) is 5.75 Å². The van der Waals surface area contributed by atoms with Crippen molar-refractivity contribution in [2.45, 2.75) is 12.1 Å². The molecule has 4 nitrogen and oxygen atoms in total. The lowest BCUT2D eigenvalue weighted by molar-refractivity contribution is 0.415. The second-order valence-electron chi connectivity index (χ2n) is 5.96. The standard InChI is InChI=1S/C19H15BrClN3OS2/c1-25-14-6-5-11(10-12(14)21)24-18(15-7-8-16(20)27-15)17(23-19(24)26)13-4-2-3-9-22-13/h2-10,17-18H,1H3,(H,23,26)/t17-,18+/m1/s1. The lowest BCUT2D eigenvalue weighted by Gasteiger charge is -2.27. The van der Waals surface area contributed by atoms with Gasteiger partial charge in [-0.2, -0.15) is 0 Å². The van der Waals surface area contributed by atoms with E-state index in [-0.39, 0.29) is 12.1 Å². The van der Waals surface area contributed by atoms with Crippen LogP contribution in [-0.4, -0.2) is 17.2 Å². The zero-order chi connectivity index (χ0) is 19.0. The highest BCUT2D eigenvalue weighted by atomic mass is 79.9. The molecular formula is C19H15BrClN3OS2. The highest BCUT2D eigenvalue weighted by molar-refractivity contribution is 9.11. The number of thiophene rings is 1. The van der Waals surface area contributed by atoms with E-state index in [1.165, 1.54) is 4.88 Å². The minimum absolute atomic E-state index is 0.0341. The maximum atomic E-state index is 6.37. The van der Waals surface area contributed by atoms with E-state index < -0.39 is 0 Å². The summed E-state index contributed by atoms with van der Waals surface area (Å²) in [5.41, 5.74) is 1.85. The van der Waals surface area contributed by atoms with Gasteiger partial charge in [-0.05, 0) is 70.6 Å². The average Bonchev–Trinajstić information content (AvgIpc) is 3.25. The van der Waals surface area contributed by atoms with Gasteiger partial charge in [0.05, 0.1) is 33.7 Å². The fraction of sp³-hybridized carbons (Fsp3) is 0.158. The zero-order valence-corrected chi connectivity index (χ0v) is 18.2. The molecule has 2 atom stereocenters. The lowest BCUT2D eigenvalue weighted by atomic mass is 10.0. The maximum absolute atomic E-state index is 6.37. The highest BCUT2D eigenvalue weighted by Gasteiger charge is 2.41. The van der Waals surface area contributed by atoms with Gasteiger partial charge in [0.1, 0.15) is 5.75 Å². The third kappa shape index (κ3) is 3.57. The Hall–Kier alpha value is -1.67. The number of nitrogens with zero attached hydrogens (tertiary/aromatic N) is 2. The molecule has 0 spiro atoms. The molecule has 27 heavy (non-hydrogen) atoms. The van der Waals surface area contributed by atoms with Gasteiger partial charge in [0.2, 0.25) is 0 Å². The van der Waals surface area contributed by atoms with Crippen LogP contribution in [0.3, 0.4) is 0 Å². The first-order chi connectivity index (χ1) is 13.1. The number of ether oxygens (including phenoxy) is 1. The molecule has 1 N–H and O–H groups in total. The van der Waals surface area contributed by atoms with Crippen molar-refractivity contribution >= 4 is 61.9 Å². The Morgan fingerprint density at radius 3 is 2.74 bits per heavy atom. The molecule has 0 bridgehead atoms. The Labute approximate surface area is 180 Å². The van der Waals surface area contributed by atoms with E-state index in [9.17, 15) is 0 Å². The summed E-state index contributed by atoms with van der Waals surface area (Å²) in [5.74, 6) is 0.634. The topological polar surface area (TPSA) is 37.4 Å². The van der Waals surface area contributed by atoms with Crippen LogP contribution < -0.4 is 15.0 Å². The van der Waals surface area contributed by atoms with Crippen LogP contribution in [0, 0.1) is 0 Å². The summed E-state index contributed by atoms with van der Waals surface area (Å²) in [6.45, 7) is 0. The van der Waals surface area contributed by atoms with E-state index in [0.717, 1.165) is 15.2 Å². The van der Waals surface area contributed by atoms with E-state index >= 15 is 0 Å². The predicted molar refractivity (Wildman–Crippen MR) is 118 cm³/mol. The largest absolute Gasteiger partial charge is 0.495 e. The molecule has 1 aliphatic heterocycles. The Balaban J connectivity index is 1.81. The van der Waals surface area contributed by atoms with Crippen LogP contribution in [0.15, 0.2) is 58.5 Å². The molecule has 1 aliphatic rings. The molecular weight excluding hydrogens is 466 g/mol. The van der Waals surface area contributed by atoms with E-state index in [2.05, 4.69) is 43.3 Å². The summed E-state index contributed by atoms with van der Waals surface area (Å²) in [6, 6.07) is 15.7. The number of halogens is 2. The first-order valence-corrected chi connectivity index (χ1v) is 10.6. The van der Waals surface area contributed by atoms with Gasteiger partial charge in [-0.1, -0.05) is 17.7 Å². The predicted octanol–water partition coefficient (Wildman–Crippen LogP) is 5.74. The summed E-state index contributed by atoms with van der Waals surface area (Å²) < 4.78 is 6.35. The molecule has 4 rings (SSSR count). The summed E-state index contributed by atoms with van der Waals surface area (Å²) in [7, 11) is 1.60. The van der Waals surface area contributed by atoms with Gasteiger partial charge in [-0.15, -0.1) is 11.3 Å². The third-order valence-corrected chi connectivity index (χ3v) is 6.70. The Morgan fingerprint density at radius 2 is 2.11 bits per heavy atom. The van der Waals surface area contributed by atoms with Gasteiger partial charge in [0, 0.05) is 16.8 Å². The Morgan fingerprint density at radius 1 is 1.26 bits per heavy atom. The number of pyridine rings is 1. The molecule has 3 heterocycles. The van der Waals surface area contributed by atoms with Crippen LogP contribution in [-0.2, 0) is 0 Å².